The summed E-state index contributed by atoms with van der Waals surface area (Å²) in [6, 6.07) is 11.2. The van der Waals surface area contributed by atoms with Crippen molar-refractivity contribution in [3.63, 3.8) is 0 Å². The number of rotatable bonds is 8. The van der Waals surface area contributed by atoms with E-state index in [1.54, 1.807) is 0 Å². The molecule has 0 aliphatic heterocycles. The van der Waals surface area contributed by atoms with Crippen molar-refractivity contribution in [3.8, 4) is 0 Å². The van der Waals surface area contributed by atoms with Crippen LogP contribution < -0.4 is 5.32 Å². The lowest BCUT2D eigenvalue weighted by Crippen LogP contribution is -2.37. The molecule has 1 aliphatic rings. The number of hydrogen-bond acceptors (Lipinski definition) is 2. The molecule has 0 saturated heterocycles. The molecular formula is C17H27NO. The van der Waals surface area contributed by atoms with Gasteiger partial charge in [0.15, 0.2) is 0 Å². The van der Waals surface area contributed by atoms with Crippen molar-refractivity contribution in [2.24, 2.45) is 5.92 Å². The maximum Gasteiger partial charge on any atom is 0.0546 e. The number of aliphatic hydroxyl groups is 1. The fourth-order valence-electron chi connectivity index (χ4n) is 2.85. The SMILES string of the molecule is CCCCCC(NCC1CC(O)C1)c1ccccc1. The van der Waals surface area contributed by atoms with Gasteiger partial charge in [0.2, 0.25) is 0 Å². The molecule has 19 heavy (non-hydrogen) atoms. The Bertz CT molecular complexity index is 346. The number of benzene rings is 1. The van der Waals surface area contributed by atoms with Gasteiger partial charge in [-0.15, -0.1) is 0 Å². The quantitative estimate of drug-likeness (QED) is 0.700. The van der Waals surface area contributed by atoms with Gasteiger partial charge >= 0.3 is 0 Å². The first-order valence-corrected chi connectivity index (χ1v) is 7.76. The molecule has 1 fully saturated rings. The minimum absolute atomic E-state index is 0.0398. The third-order valence-electron chi connectivity index (χ3n) is 4.16. The van der Waals surface area contributed by atoms with Gasteiger partial charge in [0.25, 0.3) is 0 Å². The molecule has 2 heteroatoms. The van der Waals surface area contributed by atoms with Crippen molar-refractivity contribution in [3.05, 3.63) is 35.9 Å². The highest BCUT2D eigenvalue weighted by atomic mass is 16.3. The van der Waals surface area contributed by atoms with Crippen LogP contribution in [0.1, 0.15) is 57.1 Å². The zero-order chi connectivity index (χ0) is 13.5. The van der Waals surface area contributed by atoms with Gasteiger partial charge in [-0.25, -0.2) is 0 Å². The second-order valence-corrected chi connectivity index (χ2v) is 5.86. The van der Waals surface area contributed by atoms with E-state index in [9.17, 15) is 5.11 Å². The van der Waals surface area contributed by atoms with Crippen LogP contribution in [0.3, 0.4) is 0 Å². The fourth-order valence-corrected chi connectivity index (χ4v) is 2.85. The van der Waals surface area contributed by atoms with Crippen molar-refractivity contribution in [1.29, 1.82) is 0 Å². The second-order valence-electron chi connectivity index (χ2n) is 5.86. The Morgan fingerprint density at radius 3 is 2.58 bits per heavy atom. The van der Waals surface area contributed by atoms with E-state index in [-0.39, 0.29) is 6.10 Å². The summed E-state index contributed by atoms with van der Waals surface area (Å²) < 4.78 is 0. The molecule has 1 atom stereocenters. The summed E-state index contributed by atoms with van der Waals surface area (Å²) >= 11 is 0. The van der Waals surface area contributed by atoms with Crippen molar-refractivity contribution in [2.45, 2.75) is 57.6 Å². The third kappa shape index (κ3) is 4.63. The van der Waals surface area contributed by atoms with Crippen LogP contribution in [-0.2, 0) is 0 Å². The first-order chi connectivity index (χ1) is 9.29. The Kier molecular flexibility index (Phi) is 5.87. The van der Waals surface area contributed by atoms with Crippen molar-refractivity contribution in [1.82, 2.24) is 5.32 Å². The molecular weight excluding hydrogens is 234 g/mol. The second kappa shape index (κ2) is 7.66. The molecule has 0 spiro atoms. The lowest BCUT2D eigenvalue weighted by atomic mass is 9.82. The maximum absolute atomic E-state index is 9.35. The lowest BCUT2D eigenvalue weighted by molar-refractivity contribution is 0.0416. The van der Waals surface area contributed by atoms with E-state index in [0.29, 0.717) is 12.0 Å². The predicted molar refractivity (Wildman–Crippen MR) is 80.1 cm³/mol. The predicted octanol–water partition coefficient (Wildman–Crippen LogP) is 3.67. The first-order valence-electron chi connectivity index (χ1n) is 7.76. The summed E-state index contributed by atoms with van der Waals surface area (Å²) in [6.07, 6.45) is 7.00. The maximum atomic E-state index is 9.35. The molecule has 2 rings (SSSR count). The van der Waals surface area contributed by atoms with Crippen molar-refractivity contribution >= 4 is 0 Å². The molecule has 1 aromatic rings. The number of aliphatic hydroxyl groups excluding tert-OH is 1. The molecule has 1 saturated carbocycles. The fraction of sp³-hybridized carbons (Fsp3) is 0.647. The smallest absolute Gasteiger partial charge is 0.0546 e. The molecule has 0 heterocycles. The van der Waals surface area contributed by atoms with E-state index < -0.39 is 0 Å². The molecule has 0 amide bonds. The van der Waals surface area contributed by atoms with Crippen LogP contribution in [0.25, 0.3) is 0 Å². The summed E-state index contributed by atoms with van der Waals surface area (Å²) in [5.74, 6) is 0.674. The van der Waals surface area contributed by atoms with Crippen LogP contribution in [0.5, 0.6) is 0 Å². The zero-order valence-corrected chi connectivity index (χ0v) is 12.0. The van der Waals surface area contributed by atoms with Crippen molar-refractivity contribution < 1.29 is 5.11 Å². The minimum atomic E-state index is -0.0398. The van der Waals surface area contributed by atoms with Gasteiger partial charge < -0.3 is 10.4 Å². The first kappa shape index (κ1) is 14.5. The standard InChI is InChI=1S/C17H27NO/c1-2-3-5-10-17(15-8-6-4-7-9-15)18-13-14-11-16(19)12-14/h4,6-9,14,16-19H,2-3,5,10-13H2,1H3. The van der Waals surface area contributed by atoms with Gasteiger partial charge in [-0.1, -0.05) is 56.5 Å². The van der Waals surface area contributed by atoms with Gasteiger partial charge in [-0.2, -0.15) is 0 Å². The monoisotopic (exact) mass is 261 g/mol. The Balaban J connectivity index is 1.83. The van der Waals surface area contributed by atoms with Crippen LogP contribution in [-0.4, -0.2) is 17.8 Å². The molecule has 0 radical (unpaired) electrons. The highest BCUT2D eigenvalue weighted by Crippen LogP contribution is 2.28. The average Bonchev–Trinajstić information content (AvgIpc) is 2.41. The summed E-state index contributed by atoms with van der Waals surface area (Å²) in [5.41, 5.74) is 1.40. The van der Waals surface area contributed by atoms with E-state index in [2.05, 4.69) is 42.6 Å². The largest absolute Gasteiger partial charge is 0.393 e. The van der Waals surface area contributed by atoms with Crippen LogP contribution in [0, 0.1) is 5.92 Å². The summed E-state index contributed by atoms with van der Waals surface area (Å²) in [4.78, 5) is 0. The third-order valence-corrected chi connectivity index (χ3v) is 4.16. The Morgan fingerprint density at radius 2 is 1.95 bits per heavy atom. The molecule has 106 valence electrons. The number of nitrogens with one attached hydrogen (secondary N) is 1. The lowest BCUT2D eigenvalue weighted by Gasteiger charge is -2.33. The minimum Gasteiger partial charge on any atom is -0.393 e. The van der Waals surface area contributed by atoms with E-state index in [1.165, 1.54) is 31.2 Å². The van der Waals surface area contributed by atoms with Gasteiger partial charge in [0, 0.05) is 6.04 Å². The summed E-state index contributed by atoms with van der Waals surface area (Å²) in [5, 5.41) is 13.1. The molecule has 0 aromatic heterocycles. The molecule has 2 nitrogen and oxygen atoms in total. The normalized spacial score (nSPS) is 23.9. The van der Waals surface area contributed by atoms with Gasteiger partial charge in [0.1, 0.15) is 0 Å². The zero-order valence-electron chi connectivity index (χ0n) is 12.0. The molecule has 2 N–H and O–H groups in total. The van der Waals surface area contributed by atoms with E-state index in [1.807, 2.05) is 0 Å². The Morgan fingerprint density at radius 1 is 1.21 bits per heavy atom. The summed E-state index contributed by atoms with van der Waals surface area (Å²) in [6.45, 7) is 3.30. The molecule has 1 aromatic carbocycles. The van der Waals surface area contributed by atoms with Gasteiger partial charge in [-0.05, 0) is 37.3 Å². The van der Waals surface area contributed by atoms with E-state index in [4.69, 9.17) is 0 Å². The average molecular weight is 261 g/mol. The van der Waals surface area contributed by atoms with E-state index in [0.717, 1.165) is 19.4 Å². The highest BCUT2D eigenvalue weighted by Gasteiger charge is 2.27. The van der Waals surface area contributed by atoms with Crippen LogP contribution in [0.2, 0.25) is 0 Å². The Hall–Kier alpha value is -0.860. The number of unbranched alkanes of at least 4 members (excludes halogenated alkanes) is 2. The summed E-state index contributed by atoms with van der Waals surface area (Å²) in [7, 11) is 0. The van der Waals surface area contributed by atoms with Gasteiger partial charge in [-0.3, -0.25) is 0 Å². The van der Waals surface area contributed by atoms with Crippen molar-refractivity contribution in [2.75, 3.05) is 6.54 Å². The topological polar surface area (TPSA) is 32.3 Å². The van der Waals surface area contributed by atoms with Crippen LogP contribution >= 0.6 is 0 Å². The van der Waals surface area contributed by atoms with Crippen LogP contribution in [0.15, 0.2) is 30.3 Å². The molecule has 1 aliphatic carbocycles. The highest BCUT2D eigenvalue weighted by molar-refractivity contribution is 5.18. The Labute approximate surface area is 117 Å². The van der Waals surface area contributed by atoms with Gasteiger partial charge in [0.05, 0.1) is 6.10 Å². The molecule has 1 unspecified atom stereocenters. The van der Waals surface area contributed by atoms with E-state index >= 15 is 0 Å². The van der Waals surface area contributed by atoms with Crippen LogP contribution in [0.4, 0.5) is 0 Å². The number of hydrogen-bond donors (Lipinski definition) is 2. The molecule has 0 bridgehead atoms.